The minimum Gasteiger partial charge on any atom is -0.334 e. The van der Waals surface area contributed by atoms with Gasteiger partial charge in [-0.1, -0.05) is 50.4 Å². The molecular formula is C12H13Br2N3O. The van der Waals surface area contributed by atoms with Crippen molar-refractivity contribution in [3.63, 3.8) is 0 Å². The van der Waals surface area contributed by atoms with Gasteiger partial charge in [0.05, 0.1) is 6.04 Å². The Hall–Kier alpha value is -0.720. The summed E-state index contributed by atoms with van der Waals surface area (Å²) in [6, 6.07) is 5.63. The zero-order valence-corrected chi connectivity index (χ0v) is 13.0. The highest BCUT2D eigenvalue weighted by Gasteiger charge is 2.15. The molecule has 96 valence electrons. The number of aromatic nitrogens is 2. The highest BCUT2D eigenvalue weighted by molar-refractivity contribution is 9.11. The molecular weight excluding hydrogens is 362 g/mol. The predicted octanol–water partition coefficient (Wildman–Crippen LogP) is 4.06. The lowest BCUT2D eigenvalue weighted by molar-refractivity contribution is 0.413. The molecule has 0 saturated heterocycles. The molecule has 0 spiro atoms. The van der Waals surface area contributed by atoms with Crippen molar-refractivity contribution in [2.45, 2.75) is 25.8 Å². The van der Waals surface area contributed by atoms with E-state index in [0.29, 0.717) is 11.7 Å². The highest BCUT2D eigenvalue weighted by atomic mass is 79.9. The summed E-state index contributed by atoms with van der Waals surface area (Å²) in [6.45, 7) is 2.08. The number of hydrogen-bond acceptors (Lipinski definition) is 4. The average Bonchev–Trinajstić information content (AvgIpc) is 2.77. The Kier molecular flexibility index (Phi) is 4.53. The summed E-state index contributed by atoms with van der Waals surface area (Å²) in [7, 11) is 0. The SMILES string of the molecule is CCCC(N)c1noc(-c2cc(Br)cc(Br)c2)n1. The zero-order chi connectivity index (χ0) is 13.1. The smallest absolute Gasteiger partial charge is 0.258 e. The number of hydrogen-bond donors (Lipinski definition) is 1. The standard InChI is InChI=1S/C12H13Br2N3O/c1-2-3-10(15)11-16-12(18-17-11)7-4-8(13)6-9(14)5-7/h4-6,10H,2-3,15H2,1H3. The van der Waals surface area contributed by atoms with Gasteiger partial charge in [0.2, 0.25) is 0 Å². The van der Waals surface area contributed by atoms with Crippen LogP contribution in [0.1, 0.15) is 31.6 Å². The van der Waals surface area contributed by atoms with Crippen LogP contribution in [0, 0.1) is 0 Å². The molecule has 1 aromatic heterocycles. The Morgan fingerprint density at radius 2 is 1.94 bits per heavy atom. The Bertz CT molecular complexity index is 522. The Labute approximate surface area is 122 Å². The number of nitrogens with zero attached hydrogens (tertiary/aromatic N) is 2. The second-order valence-electron chi connectivity index (χ2n) is 4.01. The van der Waals surface area contributed by atoms with Gasteiger partial charge >= 0.3 is 0 Å². The first-order chi connectivity index (χ1) is 8.60. The Balaban J connectivity index is 2.29. The van der Waals surface area contributed by atoms with E-state index in [1.165, 1.54) is 0 Å². The fourth-order valence-corrected chi connectivity index (χ4v) is 2.91. The Morgan fingerprint density at radius 1 is 1.28 bits per heavy atom. The third-order valence-electron chi connectivity index (χ3n) is 2.48. The summed E-state index contributed by atoms with van der Waals surface area (Å²) < 4.78 is 7.14. The van der Waals surface area contributed by atoms with Crippen LogP contribution in [0.3, 0.4) is 0 Å². The molecule has 4 nitrogen and oxygen atoms in total. The van der Waals surface area contributed by atoms with Gasteiger partial charge in [-0.15, -0.1) is 0 Å². The summed E-state index contributed by atoms with van der Waals surface area (Å²) in [5, 5.41) is 3.93. The molecule has 6 heteroatoms. The molecule has 0 aliphatic rings. The van der Waals surface area contributed by atoms with Crippen LogP contribution in [0.2, 0.25) is 0 Å². The molecule has 0 radical (unpaired) electrons. The largest absolute Gasteiger partial charge is 0.334 e. The lowest BCUT2D eigenvalue weighted by Gasteiger charge is -2.02. The van der Waals surface area contributed by atoms with E-state index >= 15 is 0 Å². The van der Waals surface area contributed by atoms with Crippen LogP contribution in [0.25, 0.3) is 11.5 Å². The first-order valence-electron chi connectivity index (χ1n) is 5.65. The van der Waals surface area contributed by atoms with E-state index in [1.807, 2.05) is 18.2 Å². The van der Waals surface area contributed by atoms with E-state index in [4.69, 9.17) is 10.3 Å². The highest BCUT2D eigenvalue weighted by Crippen LogP contribution is 2.27. The third kappa shape index (κ3) is 3.18. The summed E-state index contributed by atoms with van der Waals surface area (Å²) in [5.74, 6) is 1.04. The third-order valence-corrected chi connectivity index (χ3v) is 3.40. The molecule has 0 fully saturated rings. The number of halogens is 2. The van der Waals surface area contributed by atoms with Crippen molar-refractivity contribution < 1.29 is 4.52 Å². The van der Waals surface area contributed by atoms with Crippen molar-refractivity contribution in [2.24, 2.45) is 5.73 Å². The fraction of sp³-hybridized carbons (Fsp3) is 0.333. The Morgan fingerprint density at radius 3 is 2.56 bits per heavy atom. The van der Waals surface area contributed by atoms with Gasteiger partial charge < -0.3 is 10.3 Å². The van der Waals surface area contributed by atoms with E-state index in [-0.39, 0.29) is 6.04 Å². The molecule has 0 amide bonds. The molecule has 1 heterocycles. The molecule has 1 atom stereocenters. The first-order valence-corrected chi connectivity index (χ1v) is 7.24. The maximum absolute atomic E-state index is 5.95. The van der Waals surface area contributed by atoms with Gasteiger partial charge in [0.25, 0.3) is 5.89 Å². The molecule has 1 aromatic carbocycles. The fourth-order valence-electron chi connectivity index (χ4n) is 1.62. The summed E-state index contributed by atoms with van der Waals surface area (Å²) >= 11 is 6.85. The van der Waals surface area contributed by atoms with Gasteiger partial charge in [0.1, 0.15) is 0 Å². The van der Waals surface area contributed by atoms with E-state index < -0.39 is 0 Å². The maximum atomic E-state index is 5.95. The molecule has 1 unspecified atom stereocenters. The van der Waals surface area contributed by atoms with Gasteiger partial charge in [-0.3, -0.25) is 0 Å². The summed E-state index contributed by atoms with van der Waals surface area (Å²) in [4.78, 5) is 4.34. The van der Waals surface area contributed by atoms with Crippen molar-refractivity contribution in [1.29, 1.82) is 0 Å². The molecule has 2 aromatic rings. The minimum atomic E-state index is -0.164. The molecule has 0 saturated carbocycles. The minimum absolute atomic E-state index is 0.164. The van der Waals surface area contributed by atoms with Crippen molar-refractivity contribution in [1.82, 2.24) is 10.1 Å². The molecule has 0 aliphatic carbocycles. The average molecular weight is 375 g/mol. The van der Waals surface area contributed by atoms with E-state index in [1.54, 1.807) is 0 Å². The van der Waals surface area contributed by atoms with Crippen molar-refractivity contribution in [2.75, 3.05) is 0 Å². The number of nitrogens with two attached hydrogens (primary N) is 1. The monoisotopic (exact) mass is 373 g/mol. The lowest BCUT2D eigenvalue weighted by atomic mass is 10.2. The molecule has 18 heavy (non-hydrogen) atoms. The van der Waals surface area contributed by atoms with Gasteiger partial charge in [-0.2, -0.15) is 4.98 Å². The number of rotatable bonds is 4. The molecule has 0 bridgehead atoms. The normalized spacial score (nSPS) is 12.7. The van der Waals surface area contributed by atoms with Crippen molar-refractivity contribution >= 4 is 31.9 Å². The van der Waals surface area contributed by atoms with Gasteiger partial charge in [-0.05, 0) is 24.6 Å². The van der Waals surface area contributed by atoms with Crippen LogP contribution in [-0.4, -0.2) is 10.1 Å². The second kappa shape index (κ2) is 5.95. The van der Waals surface area contributed by atoms with Crippen LogP contribution >= 0.6 is 31.9 Å². The number of benzene rings is 1. The van der Waals surface area contributed by atoms with E-state index in [9.17, 15) is 0 Å². The quantitative estimate of drug-likeness (QED) is 0.876. The summed E-state index contributed by atoms with van der Waals surface area (Å²) in [5.41, 5.74) is 6.81. The van der Waals surface area contributed by atoms with Crippen LogP contribution in [0.15, 0.2) is 31.7 Å². The van der Waals surface area contributed by atoms with Gasteiger partial charge in [-0.25, -0.2) is 0 Å². The molecule has 0 aliphatic heterocycles. The first kappa shape index (κ1) is 13.7. The zero-order valence-electron chi connectivity index (χ0n) is 9.86. The van der Waals surface area contributed by atoms with Gasteiger partial charge in [0.15, 0.2) is 5.82 Å². The topological polar surface area (TPSA) is 64.9 Å². The second-order valence-corrected chi connectivity index (χ2v) is 5.84. The van der Waals surface area contributed by atoms with Gasteiger partial charge in [0, 0.05) is 14.5 Å². The van der Waals surface area contributed by atoms with Crippen LogP contribution in [-0.2, 0) is 0 Å². The van der Waals surface area contributed by atoms with Crippen LogP contribution in [0.5, 0.6) is 0 Å². The van der Waals surface area contributed by atoms with E-state index in [0.717, 1.165) is 27.4 Å². The molecule has 2 rings (SSSR count). The van der Waals surface area contributed by atoms with Crippen LogP contribution in [0.4, 0.5) is 0 Å². The lowest BCUT2D eigenvalue weighted by Crippen LogP contribution is -2.11. The van der Waals surface area contributed by atoms with Crippen molar-refractivity contribution in [3.8, 4) is 11.5 Å². The van der Waals surface area contributed by atoms with Crippen molar-refractivity contribution in [3.05, 3.63) is 33.0 Å². The predicted molar refractivity (Wildman–Crippen MR) is 77.0 cm³/mol. The molecule has 2 N–H and O–H groups in total. The van der Waals surface area contributed by atoms with Crippen LogP contribution < -0.4 is 5.73 Å². The summed E-state index contributed by atoms with van der Waals surface area (Å²) in [6.07, 6.45) is 1.84. The van der Waals surface area contributed by atoms with E-state index in [2.05, 4.69) is 48.9 Å². The maximum Gasteiger partial charge on any atom is 0.258 e.